The van der Waals surface area contributed by atoms with Gasteiger partial charge in [0.2, 0.25) is 0 Å². The molecule has 0 unspecified atom stereocenters. The topological polar surface area (TPSA) is 17.1 Å². The normalized spacial score (nSPS) is 25.0. The van der Waals surface area contributed by atoms with Gasteiger partial charge in [0.15, 0.2) is 5.78 Å². The van der Waals surface area contributed by atoms with E-state index < -0.39 is 0 Å². The fourth-order valence-electron chi connectivity index (χ4n) is 2.64. The Labute approximate surface area is 104 Å². The quantitative estimate of drug-likeness (QED) is 0.712. The number of allylic oxidation sites excluding steroid dienone is 2. The summed E-state index contributed by atoms with van der Waals surface area (Å²) in [6.07, 6.45) is 8.75. The van der Waals surface area contributed by atoms with Crippen LogP contribution in [-0.2, 0) is 4.79 Å². The Kier molecular flexibility index (Phi) is 4.13. The molecule has 1 aliphatic rings. The van der Waals surface area contributed by atoms with Gasteiger partial charge in [-0.15, -0.1) is 0 Å². The highest BCUT2D eigenvalue weighted by Crippen LogP contribution is 2.36. The molecular weight excluding hydrogens is 208 g/mol. The first-order chi connectivity index (χ1) is 8.25. The van der Waals surface area contributed by atoms with Gasteiger partial charge in [0, 0.05) is 0 Å². The van der Waals surface area contributed by atoms with Crippen molar-refractivity contribution >= 4 is 5.78 Å². The van der Waals surface area contributed by atoms with Crippen LogP contribution in [0.4, 0.5) is 0 Å². The van der Waals surface area contributed by atoms with Crippen LogP contribution in [0.2, 0.25) is 0 Å². The van der Waals surface area contributed by atoms with Gasteiger partial charge in [-0.3, -0.25) is 4.79 Å². The second kappa shape index (κ2) is 5.81. The SMILES string of the molecule is CC(=O)/C=C/C1CCC(c2ccccc2)CC1. The van der Waals surface area contributed by atoms with Crippen molar-refractivity contribution in [3.8, 4) is 0 Å². The Morgan fingerprint density at radius 3 is 2.35 bits per heavy atom. The highest BCUT2D eigenvalue weighted by Gasteiger charge is 2.20. The monoisotopic (exact) mass is 228 g/mol. The van der Waals surface area contributed by atoms with Crippen molar-refractivity contribution in [1.82, 2.24) is 0 Å². The number of benzene rings is 1. The fourth-order valence-corrected chi connectivity index (χ4v) is 2.64. The van der Waals surface area contributed by atoms with Crippen LogP contribution in [0.5, 0.6) is 0 Å². The van der Waals surface area contributed by atoms with Crippen LogP contribution < -0.4 is 0 Å². The van der Waals surface area contributed by atoms with E-state index >= 15 is 0 Å². The Hall–Kier alpha value is -1.37. The lowest BCUT2D eigenvalue weighted by atomic mass is 9.78. The lowest BCUT2D eigenvalue weighted by Gasteiger charge is -2.27. The van der Waals surface area contributed by atoms with E-state index in [1.165, 1.54) is 31.2 Å². The summed E-state index contributed by atoms with van der Waals surface area (Å²) in [5.74, 6) is 1.49. The van der Waals surface area contributed by atoms with Gasteiger partial charge in [0.1, 0.15) is 0 Å². The molecule has 1 aromatic rings. The van der Waals surface area contributed by atoms with Crippen molar-refractivity contribution in [1.29, 1.82) is 0 Å². The predicted octanol–water partition coefficient (Wildman–Crippen LogP) is 4.11. The molecule has 0 aliphatic heterocycles. The average molecular weight is 228 g/mol. The van der Waals surface area contributed by atoms with Gasteiger partial charge >= 0.3 is 0 Å². The van der Waals surface area contributed by atoms with E-state index in [-0.39, 0.29) is 5.78 Å². The second-order valence-electron chi connectivity index (χ2n) is 4.99. The molecule has 1 aliphatic carbocycles. The third-order valence-corrected chi connectivity index (χ3v) is 3.65. The third kappa shape index (κ3) is 3.55. The van der Waals surface area contributed by atoms with Crippen molar-refractivity contribution in [2.45, 2.75) is 38.5 Å². The molecule has 0 saturated heterocycles. The first-order valence-electron chi connectivity index (χ1n) is 6.49. The molecule has 1 aromatic carbocycles. The largest absolute Gasteiger partial charge is 0.295 e. The Morgan fingerprint density at radius 1 is 1.12 bits per heavy atom. The molecule has 90 valence electrons. The van der Waals surface area contributed by atoms with Crippen LogP contribution in [0.1, 0.15) is 44.1 Å². The summed E-state index contributed by atoms with van der Waals surface area (Å²) in [6.45, 7) is 1.62. The van der Waals surface area contributed by atoms with Crippen LogP contribution in [0, 0.1) is 5.92 Å². The Morgan fingerprint density at radius 2 is 1.76 bits per heavy atom. The summed E-state index contributed by atoms with van der Waals surface area (Å²) in [7, 11) is 0. The van der Waals surface area contributed by atoms with Gasteiger partial charge in [-0.05, 0) is 56.1 Å². The summed E-state index contributed by atoms with van der Waals surface area (Å²) in [6, 6.07) is 10.8. The summed E-state index contributed by atoms with van der Waals surface area (Å²) >= 11 is 0. The zero-order valence-electron chi connectivity index (χ0n) is 10.4. The molecule has 0 aromatic heterocycles. The molecule has 0 amide bonds. The predicted molar refractivity (Wildman–Crippen MR) is 71.0 cm³/mol. The molecule has 1 fully saturated rings. The maximum absolute atomic E-state index is 10.9. The molecule has 17 heavy (non-hydrogen) atoms. The molecule has 0 heterocycles. The highest BCUT2D eigenvalue weighted by molar-refractivity contribution is 5.87. The van der Waals surface area contributed by atoms with E-state index in [1.54, 1.807) is 13.0 Å². The van der Waals surface area contributed by atoms with E-state index in [4.69, 9.17) is 0 Å². The van der Waals surface area contributed by atoms with E-state index in [0.29, 0.717) is 5.92 Å². The molecule has 0 radical (unpaired) electrons. The van der Waals surface area contributed by atoms with E-state index in [0.717, 1.165) is 5.92 Å². The molecule has 0 N–H and O–H groups in total. The highest BCUT2D eigenvalue weighted by atomic mass is 16.1. The summed E-state index contributed by atoms with van der Waals surface area (Å²) in [5.41, 5.74) is 1.47. The van der Waals surface area contributed by atoms with Crippen molar-refractivity contribution < 1.29 is 4.79 Å². The van der Waals surface area contributed by atoms with Gasteiger partial charge in [-0.1, -0.05) is 36.4 Å². The molecular formula is C16H20O. The maximum Gasteiger partial charge on any atom is 0.152 e. The van der Waals surface area contributed by atoms with Crippen molar-refractivity contribution in [3.63, 3.8) is 0 Å². The second-order valence-corrected chi connectivity index (χ2v) is 4.99. The number of carbonyl (C=O) groups is 1. The zero-order valence-corrected chi connectivity index (χ0v) is 10.4. The smallest absolute Gasteiger partial charge is 0.152 e. The van der Waals surface area contributed by atoms with Crippen molar-refractivity contribution in [3.05, 3.63) is 48.0 Å². The van der Waals surface area contributed by atoms with Crippen LogP contribution in [0.3, 0.4) is 0 Å². The van der Waals surface area contributed by atoms with Gasteiger partial charge in [-0.2, -0.15) is 0 Å². The Bertz CT molecular complexity index is 383. The van der Waals surface area contributed by atoms with E-state index in [1.807, 2.05) is 0 Å². The molecule has 0 bridgehead atoms. The van der Waals surface area contributed by atoms with E-state index in [2.05, 4.69) is 36.4 Å². The van der Waals surface area contributed by atoms with Crippen LogP contribution in [0.15, 0.2) is 42.5 Å². The minimum absolute atomic E-state index is 0.162. The summed E-state index contributed by atoms with van der Waals surface area (Å²) in [5, 5.41) is 0. The van der Waals surface area contributed by atoms with Crippen molar-refractivity contribution in [2.75, 3.05) is 0 Å². The molecule has 1 nitrogen and oxygen atoms in total. The van der Waals surface area contributed by atoms with E-state index in [9.17, 15) is 4.79 Å². The minimum atomic E-state index is 0.162. The Balaban J connectivity index is 1.88. The average Bonchev–Trinajstić information content (AvgIpc) is 2.38. The lowest BCUT2D eigenvalue weighted by Crippen LogP contribution is -2.11. The van der Waals surface area contributed by atoms with Gasteiger partial charge in [-0.25, -0.2) is 0 Å². The first-order valence-corrected chi connectivity index (χ1v) is 6.49. The standard InChI is InChI=1S/C16H20O/c1-13(17)7-8-14-9-11-16(12-10-14)15-5-3-2-4-6-15/h2-8,14,16H,9-12H2,1H3/b8-7+. The van der Waals surface area contributed by atoms with Crippen LogP contribution >= 0.6 is 0 Å². The fraction of sp³-hybridized carbons (Fsp3) is 0.438. The number of hydrogen-bond acceptors (Lipinski definition) is 1. The van der Waals surface area contributed by atoms with Gasteiger partial charge < -0.3 is 0 Å². The molecule has 0 atom stereocenters. The zero-order chi connectivity index (χ0) is 12.1. The third-order valence-electron chi connectivity index (χ3n) is 3.65. The van der Waals surface area contributed by atoms with Gasteiger partial charge in [0.25, 0.3) is 0 Å². The lowest BCUT2D eigenvalue weighted by molar-refractivity contribution is -0.112. The van der Waals surface area contributed by atoms with Crippen molar-refractivity contribution in [2.24, 2.45) is 5.92 Å². The van der Waals surface area contributed by atoms with Gasteiger partial charge in [0.05, 0.1) is 0 Å². The van der Waals surface area contributed by atoms with Crippen LogP contribution in [-0.4, -0.2) is 5.78 Å². The summed E-state index contributed by atoms with van der Waals surface area (Å²) in [4.78, 5) is 10.9. The summed E-state index contributed by atoms with van der Waals surface area (Å²) < 4.78 is 0. The number of carbonyl (C=O) groups excluding carboxylic acids is 1. The number of hydrogen-bond donors (Lipinski definition) is 0. The minimum Gasteiger partial charge on any atom is -0.295 e. The molecule has 1 heteroatoms. The number of rotatable bonds is 3. The first kappa shape index (κ1) is 12.1. The molecule has 1 saturated carbocycles. The molecule has 0 spiro atoms. The molecule has 2 rings (SSSR count). The maximum atomic E-state index is 10.9. The number of ketones is 1. The van der Waals surface area contributed by atoms with Crippen LogP contribution in [0.25, 0.3) is 0 Å².